The molecular weight excluding hydrogens is 450 g/mol. The zero-order valence-electron chi connectivity index (χ0n) is 24.0. The number of carbonyl (C=O) groups excluding carboxylic acids is 1. The van der Waals surface area contributed by atoms with E-state index in [0.717, 1.165) is 47.3 Å². The first-order valence-electron chi connectivity index (χ1n) is 13.2. The molecule has 7 nitrogen and oxygen atoms in total. The van der Waals surface area contributed by atoms with Gasteiger partial charge in [-0.05, 0) is 50.6 Å². The van der Waals surface area contributed by atoms with Gasteiger partial charge in [0.1, 0.15) is 17.2 Å². The summed E-state index contributed by atoms with van der Waals surface area (Å²) < 4.78 is 6.63. The monoisotopic (exact) mass is 499 g/mol. The van der Waals surface area contributed by atoms with E-state index in [2.05, 4.69) is 52.2 Å². The number of rotatable bonds is 9. The molecule has 0 aliphatic carbocycles. The summed E-state index contributed by atoms with van der Waals surface area (Å²) in [5.74, 6) is 2.50. The highest BCUT2D eigenvalue weighted by atomic mass is 16.5. The zero-order valence-corrected chi connectivity index (χ0v) is 24.0. The van der Waals surface area contributed by atoms with Gasteiger partial charge in [-0.3, -0.25) is 0 Å². The van der Waals surface area contributed by atoms with Crippen molar-refractivity contribution in [2.75, 3.05) is 26.0 Å². The van der Waals surface area contributed by atoms with Crippen LogP contribution in [-0.2, 0) is 18.2 Å². The predicted molar refractivity (Wildman–Crippen MR) is 154 cm³/mol. The molecule has 0 saturated heterocycles. The Bertz CT molecular complexity index is 983. The smallest absolute Gasteiger partial charge is 0.337 e. The van der Waals surface area contributed by atoms with Crippen molar-refractivity contribution in [3.8, 4) is 0 Å². The fourth-order valence-electron chi connectivity index (χ4n) is 3.53. The third kappa shape index (κ3) is 10.8. The molecule has 3 rings (SSSR count). The largest absolute Gasteiger partial charge is 0.465 e. The highest BCUT2D eigenvalue weighted by molar-refractivity contribution is 5.89. The van der Waals surface area contributed by atoms with E-state index in [0.29, 0.717) is 5.56 Å². The van der Waals surface area contributed by atoms with E-state index in [1.165, 1.54) is 39.8 Å². The van der Waals surface area contributed by atoms with Gasteiger partial charge in [-0.15, -0.1) is 0 Å². The molecule has 0 aliphatic heterocycles. The molecular formula is C29H49N5O2. The molecule has 0 amide bonds. The van der Waals surface area contributed by atoms with Crippen LogP contribution in [0.3, 0.4) is 0 Å². The number of hydrogen-bond acceptors (Lipinski definition) is 6. The summed E-state index contributed by atoms with van der Waals surface area (Å²) in [6.07, 6.45) is 6.04. The molecule has 0 fully saturated rings. The molecule has 2 aromatic heterocycles. The van der Waals surface area contributed by atoms with E-state index >= 15 is 0 Å². The van der Waals surface area contributed by atoms with Gasteiger partial charge >= 0.3 is 5.97 Å². The van der Waals surface area contributed by atoms with Gasteiger partial charge in [-0.25, -0.2) is 14.8 Å². The van der Waals surface area contributed by atoms with E-state index in [9.17, 15) is 4.79 Å². The number of ether oxygens (including phenoxy) is 1. The van der Waals surface area contributed by atoms with E-state index in [1.54, 1.807) is 12.1 Å². The second kappa shape index (κ2) is 19.3. The van der Waals surface area contributed by atoms with Crippen LogP contribution in [0, 0.1) is 12.8 Å². The van der Waals surface area contributed by atoms with Crippen LogP contribution >= 0.6 is 0 Å². The van der Waals surface area contributed by atoms with Crippen LogP contribution in [0.2, 0.25) is 0 Å². The third-order valence-electron chi connectivity index (χ3n) is 5.71. The van der Waals surface area contributed by atoms with Crippen molar-refractivity contribution in [1.29, 1.82) is 0 Å². The molecule has 0 spiro atoms. The van der Waals surface area contributed by atoms with Crippen molar-refractivity contribution in [2.45, 2.75) is 73.6 Å². The molecule has 1 atom stereocenters. The van der Waals surface area contributed by atoms with Gasteiger partial charge in [0, 0.05) is 20.0 Å². The SMILES string of the molecule is CC.CCCCC(CC)CNc1ccc2nc(CC)n(C)c2n1.CN.COC(=O)c1ccc(C)cc1. The highest BCUT2D eigenvalue weighted by Gasteiger charge is 2.10. The Kier molecular flexibility index (Phi) is 17.7. The minimum absolute atomic E-state index is 0.287. The number of unbranched alkanes of at least 4 members (excludes halogenated alkanes) is 1. The second-order valence-corrected chi connectivity index (χ2v) is 8.13. The standard InChI is InChI=1S/C17H28N4.C9H10O2.C2H6.CH5N/c1-5-8-9-13(6-2)12-18-15-11-10-14-17(20-15)21(4)16(7-3)19-14;1-7-3-5-8(6-4-7)9(10)11-2;2*1-2/h10-11,13H,5-9,12H2,1-4H3,(H,18,20);3-6H,1-2H3;1-2H3;2H2,1H3. The van der Waals surface area contributed by atoms with Gasteiger partial charge < -0.3 is 20.4 Å². The van der Waals surface area contributed by atoms with Crippen LogP contribution < -0.4 is 11.1 Å². The predicted octanol–water partition coefficient (Wildman–Crippen LogP) is 6.54. The zero-order chi connectivity index (χ0) is 27.5. The maximum Gasteiger partial charge on any atom is 0.337 e. The van der Waals surface area contributed by atoms with Gasteiger partial charge in [0.05, 0.1) is 12.7 Å². The Morgan fingerprint density at radius 1 is 1.06 bits per heavy atom. The van der Waals surface area contributed by atoms with Gasteiger partial charge in [0.25, 0.3) is 0 Å². The fourth-order valence-corrected chi connectivity index (χ4v) is 3.53. The molecule has 0 bridgehead atoms. The number of methoxy groups -OCH3 is 1. The summed E-state index contributed by atoms with van der Waals surface area (Å²) in [5.41, 5.74) is 8.19. The van der Waals surface area contributed by atoms with Crippen molar-refractivity contribution < 1.29 is 9.53 Å². The molecule has 7 heteroatoms. The average Bonchev–Trinajstić information content (AvgIpc) is 3.26. The number of nitrogens with two attached hydrogens (primary N) is 1. The van der Waals surface area contributed by atoms with Crippen LogP contribution in [0.4, 0.5) is 5.82 Å². The van der Waals surface area contributed by atoms with Crippen LogP contribution in [0.15, 0.2) is 36.4 Å². The number of nitrogens with zero attached hydrogens (tertiary/aromatic N) is 3. The topological polar surface area (TPSA) is 95.1 Å². The van der Waals surface area contributed by atoms with Crippen molar-refractivity contribution in [1.82, 2.24) is 14.5 Å². The molecule has 36 heavy (non-hydrogen) atoms. The van der Waals surface area contributed by atoms with Gasteiger partial charge in [0.2, 0.25) is 0 Å². The van der Waals surface area contributed by atoms with E-state index in [4.69, 9.17) is 4.98 Å². The van der Waals surface area contributed by atoms with Gasteiger partial charge in [0.15, 0.2) is 5.65 Å². The number of benzene rings is 1. The number of carbonyl (C=O) groups is 1. The lowest BCUT2D eigenvalue weighted by Crippen LogP contribution is -2.14. The molecule has 2 heterocycles. The summed E-state index contributed by atoms with van der Waals surface area (Å²) in [6, 6.07) is 11.4. The van der Waals surface area contributed by atoms with Crippen molar-refractivity contribution in [3.05, 3.63) is 53.3 Å². The summed E-state index contributed by atoms with van der Waals surface area (Å²) in [4.78, 5) is 20.2. The number of nitrogens with one attached hydrogen (secondary N) is 1. The van der Waals surface area contributed by atoms with E-state index in [-0.39, 0.29) is 5.97 Å². The third-order valence-corrected chi connectivity index (χ3v) is 5.71. The second-order valence-electron chi connectivity index (χ2n) is 8.13. The molecule has 0 saturated carbocycles. The minimum atomic E-state index is -0.287. The molecule has 1 aromatic carbocycles. The summed E-state index contributed by atoms with van der Waals surface area (Å²) in [6.45, 7) is 13.6. The molecule has 3 N–H and O–H groups in total. The molecule has 0 aliphatic rings. The number of esters is 1. The molecule has 1 unspecified atom stereocenters. The van der Waals surface area contributed by atoms with Crippen molar-refractivity contribution >= 4 is 23.0 Å². The first kappa shape index (κ1) is 33.1. The van der Waals surface area contributed by atoms with Gasteiger partial charge in [-0.2, -0.15) is 0 Å². The number of imidazole rings is 1. The lowest BCUT2D eigenvalue weighted by Gasteiger charge is -2.15. The quantitative estimate of drug-likeness (QED) is 0.325. The summed E-state index contributed by atoms with van der Waals surface area (Å²) in [7, 11) is 4.92. The number of fused-ring (bicyclic) bond motifs is 1. The number of hydrogen-bond donors (Lipinski definition) is 2. The van der Waals surface area contributed by atoms with Crippen LogP contribution in [0.25, 0.3) is 11.2 Å². The fraction of sp³-hybridized carbons (Fsp3) is 0.552. The Labute approximate surface area is 218 Å². The normalized spacial score (nSPS) is 10.6. The van der Waals surface area contributed by atoms with Crippen molar-refractivity contribution in [3.63, 3.8) is 0 Å². The van der Waals surface area contributed by atoms with Crippen LogP contribution in [0.5, 0.6) is 0 Å². The first-order valence-corrected chi connectivity index (χ1v) is 13.2. The average molecular weight is 500 g/mol. The maximum absolute atomic E-state index is 10.9. The highest BCUT2D eigenvalue weighted by Crippen LogP contribution is 2.18. The Hall–Kier alpha value is -2.93. The summed E-state index contributed by atoms with van der Waals surface area (Å²) >= 11 is 0. The molecule has 202 valence electrons. The lowest BCUT2D eigenvalue weighted by molar-refractivity contribution is 0.0600. The number of aryl methyl sites for hydroxylation is 3. The molecule has 3 aromatic rings. The maximum atomic E-state index is 10.9. The van der Waals surface area contributed by atoms with Gasteiger partial charge in [-0.1, -0.05) is 71.6 Å². The van der Waals surface area contributed by atoms with E-state index < -0.39 is 0 Å². The summed E-state index contributed by atoms with van der Waals surface area (Å²) in [5, 5.41) is 3.50. The number of anilines is 1. The number of aromatic nitrogens is 3. The first-order chi connectivity index (χ1) is 17.4. The Morgan fingerprint density at radius 3 is 2.22 bits per heavy atom. The number of pyridine rings is 1. The lowest BCUT2D eigenvalue weighted by atomic mass is 9.99. The Morgan fingerprint density at radius 2 is 1.69 bits per heavy atom. The Balaban J connectivity index is 0.000000688. The minimum Gasteiger partial charge on any atom is -0.465 e. The molecule has 0 radical (unpaired) electrons. The van der Waals surface area contributed by atoms with Crippen LogP contribution in [-0.4, -0.2) is 41.2 Å². The van der Waals surface area contributed by atoms with Crippen LogP contribution in [0.1, 0.15) is 82.0 Å². The van der Waals surface area contributed by atoms with E-state index in [1.807, 2.05) is 46.0 Å². The van der Waals surface area contributed by atoms with Crippen molar-refractivity contribution in [2.24, 2.45) is 18.7 Å².